The summed E-state index contributed by atoms with van der Waals surface area (Å²) in [7, 11) is 1.85. The highest BCUT2D eigenvalue weighted by atomic mass is 35.5. The molecule has 0 aliphatic heterocycles. The van der Waals surface area contributed by atoms with Crippen LogP contribution in [0.2, 0.25) is 10.0 Å². The van der Waals surface area contributed by atoms with Gasteiger partial charge in [0.2, 0.25) is 0 Å². The Morgan fingerprint density at radius 2 is 1.89 bits per heavy atom. The number of aromatic hydroxyl groups is 1. The molecule has 3 heterocycles. The minimum absolute atomic E-state index is 0.0341. The van der Waals surface area contributed by atoms with E-state index in [-0.39, 0.29) is 18.2 Å². The van der Waals surface area contributed by atoms with E-state index in [4.69, 9.17) is 23.2 Å². The largest absolute Gasteiger partial charge is 0.506 e. The van der Waals surface area contributed by atoms with Crippen molar-refractivity contribution in [2.45, 2.75) is 13.5 Å². The third kappa shape index (κ3) is 5.73. The Bertz CT molecular complexity index is 1440. The molecule has 3 N–H and O–H groups in total. The predicted octanol–water partition coefficient (Wildman–Crippen LogP) is 5.31. The first kappa shape index (κ1) is 24.9. The number of halogens is 2. The molecule has 0 saturated carbocycles. The van der Waals surface area contributed by atoms with Crippen molar-refractivity contribution < 1.29 is 14.7 Å². The lowest BCUT2D eigenvalue weighted by atomic mass is 10.1. The molecule has 0 atom stereocenters. The van der Waals surface area contributed by atoms with Crippen LogP contribution in [-0.2, 0) is 13.6 Å². The molecule has 0 saturated heterocycles. The lowest BCUT2D eigenvalue weighted by Gasteiger charge is -2.04. The van der Waals surface area contributed by atoms with E-state index in [1.807, 2.05) is 13.2 Å². The molecule has 180 valence electrons. The number of amides is 2. The number of hydrogen-bond acceptors (Lipinski definition) is 7. The number of carbonyl (C=O) groups is 2. The summed E-state index contributed by atoms with van der Waals surface area (Å²) >= 11 is 14.4. The maximum atomic E-state index is 12.5. The number of aromatic nitrogens is 2. The van der Waals surface area contributed by atoms with Crippen LogP contribution < -0.4 is 10.7 Å². The Morgan fingerprint density at radius 3 is 2.57 bits per heavy atom. The summed E-state index contributed by atoms with van der Waals surface area (Å²) in [6.45, 7) is 1.96. The number of nitrogens with one attached hydrogen (secondary N) is 2. The van der Waals surface area contributed by atoms with E-state index in [1.54, 1.807) is 53.5 Å². The van der Waals surface area contributed by atoms with Gasteiger partial charge in [-0.2, -0.15) is 5.10 Å². The zero-order valence-electron chi connectivity index (χ0n) is 18.5. The van der Waals surface area contributed by atoms with Crippen LogP contribution in [0.25, 0.3) is 10.4 Å². The van der Waals surface area contributed by atoms with Crippen LogP contribution >= 0.6 is 45.9 Å². The van der Waals surface area contributed by atoms with Gasteiger partial charge in [0.15, 0.2) is 0 Å². The number of hydrazone groups is 1. The number of benzene rings is 1. The minimum Gasteiger partial charge on any atom is -0.506 e. The molecule has 8 nitrogen and oxygen atoms in total. The van der Waals surface area contributed by atoms with Gasteiger partial charge < -0.3 is 15.0 Å². The molecule has 4 aromatic rings. The number of hydrogen-bond donors (Lipinski definition) is 3. The number of thiophene rings is 2. The zero-order valence-corrected chi connectivity index (χ0v) is 21.6. The van der Waals surface area contributed by atoms with Gasteiger partial charge in [0, 0.05) is 18.6 Å². The second-order valence-corrected chi connectivity index (χ2v) is 10.2. The van der Waals surface area contributed by atoms with Crippen molar-refractivity contribution in [2.24, 2.45) is 12.1 Å². The van der Waals surface area contributed by atoms with E-state index in [9.17, 15) is 14.7 Å². The molecule has 0 radical (unpaired) electrons. The standard InChI is InChI=1S/C23H19Cl2N5O3S2/c1-12(15-10-34-21(20(15)31)13-3-4-16(24)17(25)7-13)28-29-23(33)19-6-5-18(35-19)22(32)26-8-14-9-30(2)11-27-14/h3-7,9-11,31H,8H2,1-2H3,(H,26,32)(H,29,33)/b28-12+. The monoisotopic (exact) mass is 547 g/mol. The highest BCUT2D eigenvalue weighted by Crippen LogP contribution is 2.40. The average molecular weight is 548 g/mol. The molecular weight excluding hydrogens is 529 g/mol. The van der Waals surface area contributed by atoms with Gasteiger partial charge in [-0.25, -0.2) is 10.4 Å². The minimum atomic E-state index is -0.461. The van der Waals surface area contributed by atoms with E-state index in [0.29, 0.717) is 36.0 Å². The fourth-order valence-corrected chi connectivity index (χ4v) is 5.21. The number of rotatable bonds is 7. The van der Waals surface area contributed by atoms with Crippen molar-refractivity contribution in [1.29, 1.82) is 0 Å². The van der Waals surface area contributed by atoms with E-state index in [1.165, 1.54) is 11.3 Å². The lowest BCUT2D eigenvalue weighted by Crippen LogP contribution is -2.22. The molecule has 3 aromatic heterocycles. The molecule has 0 aliphatic rings. The number of carbonyl (C=O) groups excluding carboxylic acids is 2. The Morgan fingerprint density at radius 1 is 1.14 bits per heavy atom. The highest BCUT2D eigenvalue weighted by Gasteiger charge is 2.17. The second kappa shape index (κ2) is 10.6. The van der Waals surface area contributed by atoms with E-state index in [2.05, 4.69) is 20.8 Å². The van der Waals surface area contributed by atoms with Gasteiger partial charge in [-0.05, 0) is 36.8 Å². The molecule has 2 amide bonds. The van der Waals surface area contributed by atoms with Crippen LogP contribution in [-0.4, -0.2) is 32.2 Å². The average Bonchev–Trinajstić information content (AvgIpc) is 3.57. The predicted molar refractivity (Wildman–Crippen MR) is 140 cm³/mol. The molecule has 1 aromatic carbocycles. The Balaban J connectivity index is 1.40. The molecule has 0 aliphatic carbocycles. The fourth-order valence-electron chi connectivity index (χ4n) is 3.10. The SMILES string of the molecule is C/C(=N\NC(=O)c1ccc(C(=O)NCc2cn(C)cn2)s1)c1csc(-c2ccc(Cl)c(Cl)c2)c1O. The van der Waals surface area contributed by atoms with Crippen molar-refractivity contribution in [3.63, 3.8) is 0 Å². The summed E-state index contributed by atoms with van der Waals surface area (Å²) in [4.78, 5) is 30.4. The van der Waals surface area contributed by atoms with Crippen LogP contribution in [0.15, 0.2) is 53.3 Å². The maximum Gasteiger partial charge on any atom is 0.281 e. The summed E-state index contributed by atoms with van der Waals surface area (Å²) in [5.74, 6) is -0.721. The van der Waals surface area contributed by atoms with Crippen LogP contribution in [0.1, 0.15) is 37.5 Å². The topological polar surface area (TPSA) is 109 Å². The van der Waals surface area contributed by atoms with Crippen molar-refractivity contribution in [3.8, 4) is 16.2 Å². The quantitative estimate of drug-likeness (QED) is 0.215. The summed E-state index contributed by atoms with van der Waals surface area (Å²) in [5.41, 5.74) is 4.83. The zero-order chi connectivity index (χ0) is 25.1. The first-order valence-corrected chi connectivity index (χ1v) is 12.6. The third-order valence-electron chi connectivity index (χ3n) is 4.90. The van der Waals surface area contributed by atoms with Crippen molar-refractivity contribution >= 4 is 63.4 Å². The Kier molecular flexibility index (Phi) is 7.56. The van der Waals surface area contributed by atoms with Crippen molar-refractivity contribution in [2.75, 3.05) is 0 Å². The smallest absolute Gasteiger partial charge is 0.281 e. The van der Waals surface area contributed by atoms with Gasteiger partial charge in [-0.3, -0.25) is 9.59 Å². The van der Waals surface area contributed by atoms with Gasteiger partial charge in [0.1, 0.15) is 5.75 Å². The first-order chi connectivity index (χ1) is 16.7. The third-order valence-corrected chi connectivity index (χ3v) is 7.74. The van der Waals surface area contributed by atoms with Crippen LogP contribution in [0, 0.1) is 0 Å². The fraction of sp³-hybridized carbons (Fsp3) is 0.130. The molecule has 0 unspecified atom stereocenters. The number of aryl methyl sites for hydroxylation is 1. The van der Waals surface area contributed by atoms with E-state index < -0.39 is 5.91 Å². The summed E-state index contributed by atoms with van der Waals surface area (Å²) < 4.78 is 1.79. The lowest BCUT2D eigenvalue weighted by molar-refractivity contribution is 0.0949. The molecule has 35 heavy (non-hydrogen) atoms. The summed E-state index contributed by atoms with van der Waals surface area (Å²) in [6, 6.07) is 8.24. The van der Waals surface area contributed by atoms with Crippen LogP contribution in [0.5, 0.6) is 5.75 Å². The maximum absolute atomic E-state index is 12.5. The molecule has 0 fully saturated rings. The van der Waals surface area contributed by atoms with Crippen molar-refractivity contribution in [1.82, 2.24) is 20.3 Å². The molecular formula is C23H19Cl2N5O3S2. The van der Waals surface area contributed by atoms with Gasteiger partial charge in [-0.15, -0.1) is 22.7 Å². The highest BCUT2D eigenvalue weighted by molar-refractivity contribution is 7.16. The van der Waals surface area contributed by atoms with Crippen molar-refractivity contribution in [3.05, 3.63) is 79.3 Å². The molecule has 12 heteroatoms. The normalized spacial score (nSPS) is 11.5. The number of imidazole rings is 1. The van der Waals surface area contributed by atoms with Crippen LogP contribution in [0.4, 0.5) is 0 Å². The Labute approximate surface area is 218 Å². The summed E-state index contributed by atoms with van der Waals surface area (Å²) in [6.07, 6.45) is 3.47. The first-order valence-electron chi connectivity index (χ1n) is 10.2. The van der Waals surface area contributed by atoms with E-state index in [0.717, 1.165) is 22.6 Å². The summed E-state index contributed by atoms with van der Waals surface area (Å²) in [5, 5.41) is 20.1. The van der Waals surface area contributed by atoms with Crippen LogP contribution in [0.3, 0.4) is 0 Å². The second-order valence-electron chi connectivity index (χ2n) is 7.47. The van der Waals surface area contributed by atoms with Gasteiger partial charge in [0.25, 0.3) is 11.8 Å². The van der Waals surface area contributed by atoms with Gasteiger partial charge in [-0.1, -0.05) is 29.3 Å². The van der Waals surface area contributed by atoms with E-state index >= 15 is 0 Å². The molecule has 0 bridgehead atoms. The van der Waals surface area contributed by atoms with Gasteiger partial charge >= 0.3 is 0 Å². The number of nitrogens with zero attached hydrogens (tertiary/aromatic N) is 3. The molecule has 0 spiro atoms. The molecule has 4 rings (SSSR count). The van der Waals surface area contributed by atoms with Gasteiger partial charge in [0.05, 0.1) is 54.5 Å². The Hall–Kier alpha value is -3.18.